The van der Waals surface area contributed by atoms with E-state index in [0.717, 1.165) is 57.3 Å². The summed E-state index contributed by atoms with van der Waals surface area (Å²) >= 11 is 0. The van der Waals surface area contributed by atoms with Gasteiger partial charge in [0.25, 0.3) is 5.91 Å². The van der Waals surface area contributed by atoms with Gasteiger partial charge in [-0.15, -0.1) is 12.4 Å². The van der Waals surface area contributed by atoms with Crippen LogP contribution in [0.5, 0.6) is 0 Å². The number of benzene rings is 1. The van der Waals surface area contributed by atoms with Crippen LogP contribution in [-0.2, 0) is 4.79 Å². The molecule has 1 aliphatic carbocycles. The van der Waals surface area contributed by atoms with Gasteiger partial charge in [-0.2, -0.15) is 0 Å². The molecule has 1 aliphatic heterocycles. The molecule has 3 N–H and O–H groups in total. The van der Waals surface area contributed by atoms with Gasteiger partial charge in [0.2, 0.25) is 5.91 Å². The molecule has 5 nitrogen and oxygen atoms in total. The molecule has 0 aromatic heterocycles. The fourth-order valence-electron chi connectivity index (χ4n) is 4.14. The van der Waals surface area contributed by atoms with Gasteiger partial charge in [0.15, 0.2) is 0 Å². The van der Waals surface area contributed by atoms with Crippen molar-refractivity contribution in [1.82, 2.24) is 10.2 Å². The third kappa shape index (κ3) is 4.98. The van der Waals surface area contributed by atoms with Crippen molar-refractivity contribution in [2.45, 2.75) is 32.1 Å². The number of halogens is 1. The number of rotatable bonds is 5. The normalized spacial score (nSPS) is 23.3. The van der Waals surface area contributed by atoms with Crippen molar-refractivity contribution >= 4 is 24.2 Å². The molecule has 0 unspecified atom stereocenters. The number of carbonyl (C=O) groups excluding carboxylic acids is 2. The molecule has 2 aliphatic rings. The minimum Gasteiger partial charge on any atom is -0.356 e. The highest BCUT2D eigenvalue weighted by molar-refractivity contribution is 5.94. The average Bonchev–Trinajstić information content (AvgIpc) is 3.15. The van der Waals surface area contributed by atoms with Gasteiger partial charge >= 0.3 is 0 Å². The van der Waals surface area contributed by atoms with Gasteiger partial charge < -0.3 is 16.0 Å². The number of nitrogens with zero attached hydrogens (tertiary/aromatic N) is 1. The van der Waals surface area contributed by atoms with Crippen LogP contribution in [0.1, 0.15) is 42.5 Å². The first kappa shape index (κ1) is 20.7. The summed E-state index contributed by atoms with van der Waals surface area (Å²) in [5, 5.41) is 3.14. The van der Waals surface area contributed by atoms with Crippen molar-refractivity contribution < 1.29 is 9.59 Å². The van der Waals surface area contributed by atoms with Crippen LogP contribution in [0.3, 0.4) is 0 Å². The second-order valence-corrected chi connectivity index (χ2v) is 7.38. The average molecular weight is 380 g/mol. The Morgan fingerprint density at radius 2 is 1.77 bits per heavy atom. The van der Waals surface area contributed by atoms with Crippen LogP contribution in [0.25, 0.3) is 0 Å². The lowest BCUT2D eigenvalue weighted by molar-refractivity contribution is -0.126. The monoisotopic (exact) mass is 379 g/mol. The van der Waals surface area contributed by atoms with Gasteiger partial charge in [-0.1, -0.05) is 24.6 Å². The number of hydrogen-bond donors (Lipinski definition) is 2. The Morgan fingerprint density at radius 1 is 1.08 bits per heavy atom. The molecule has 144 valence electrons. The number of carbonyl (C=O) groups is 2. The summed E-state index contributed by atoms with van der Waals surface area (Å²) < 4.78 is 0. The molecule has 1 aromatic rings. The van der Waals surface area contributed by atoms with Gasteiger partial charge in [0.05, 0.1) is 0 Å². The third-order valence-corrected chi connectivity index (χ3v) is 5.79. The Bertz CT molecular complexity index is 588. The predicted molar refractivity (Wildman–Crippen MR) is 105 cm³/mol. The maximum absolute atomic E-state index is 12.5. The van der Waals surface area contributed by atoms with Gasteiger partial charge in [-0.3, -0.25) is 9.59 Å². The van der Waals surface area contributed by atoms with E-state index in [-0.39, 0.29) is 30.1 Å². The van der Waals surface area contributed by atoms with Crippen LogP contribution in [0, 0.1) is 17.8 Å². The standard InChI is InChI=1S/C20H29N3O2.ClH/c21-13-17-7-4-8-18(17)19(24)22-14-15-9-11-23(12-10-15)20(25)16-5-2-1-3-6-16;/h1-3,5-6,15,17-18H,4,7-14,21H2,(H,22,24);1H/t17-,18-;/m1./s1. The van der Waals surface area contributed by atoms with Crippen LogP contribution >= 0.6 is 12.4 Å². The molecule has 26 heavy (non-hydrogen) atoms. The molecule has 6 heteroatoms. The quantitative estimate of drug-likeness (QED) is 0.825. The van der Waals surface area contributed by atoms with Crippen molar-refractivity contribution in [1.29, 1.82) is 0 Å². The van der Waals surface area contributed by atoms with E-state index in [1.165, 1.54) is 0 Å². The van der Waals surface area contributed by atoms with E-state index in [2.05, 4.69) is 5.32 Å². The molecule has 1 aromatic carbocycles. The molecule has 0 radical (unpaired) electrons. The summed E-state index contributed by atoms with van der Waals surface area (Å²) in [7, 11) is 0. The lowest BCUT2D eigenvalue weighted by atomic mass is 9.93. The highest BCUT2D eigenvalue weighted by Crippen LogP contribution is 2.31. The molecule has 0 bridgehead atoms. The van der Waals surface area contributed by atoms with Crippen molar-refractivity contribution in [2.75, 3.05) is 26.2 Å². The molecule has 2 atom stereocenters. The number of hydrogen-bond acceptors (Lipinski definition) is 3. The van der Waals surface area contributed by atoms with Crippen molar-refractivity contribution in [2.24, 2.45) is 23.5 Å². The van der Waals surface area contributed by atoms with Crippen LogP contribution in [0.15, 0.2) is 30.3 Å². The first-order valence-electron chi connectivity index (χ1n) is 9.51. The smallest absolute Gasteiger partial charge is 0.253 e. The Balaban J connectivity index is 0.00000243. The zero-order chi connectivity index (χ0) is 17.6. The minimum atomic E-state index is 0. The molecular formula is C20H30ClN3O2. The van der Waals surface area contributed by atoms with Crippen molar-refractivity contribution in [3.63, 3.8) is 0 Å². The van der Waals surface area contributed by atoms with Crippen LogP contribution < -0.4 is 11.1 Å². The lowest BCUT2D eigenvalue weighted by Crippen LogP contribution is -2.43. The zero-order valence-electron chi connectivity index (χ0n) is 15.2. The first-order valence-corrected chi connectivity index (χ1v) is 9.51. The van der Waals surface area contributed by atoms with E-state index in [1.807, 2.05) is 35.2 Å². The second kappa shape index (κ2) is 9.93. The lowest BCUT2D eigenvalue weighted by Gasteiger charge is -2.32. The van der Waals surface area contributed by atoms with Gasteiger partial charge in [-0.05, 0) is 56.2 Å². The molecule has 1 heterocycles. The number of piperidine rings is 1. The van der Waals surface area contributed by atoms with E-state index >= 15 is 0 Å². The zero-order valence-corrected chi connectivity index (χ0v) is 16.0. The summed E-state index contributed by atoms with van der Waals surface area (Å²) in [6.45, 7) is 2.87. The molecule has 3 rings (SSSR count). The van der Waals surface area contributed by atoms with Crippen molar-refractivity contribution in [3.8, 4) is 0 Å². The SMILES string of the molecule is Cl.NC[C@H]1CCC[C@H]1C(=O)NCC1CCN(C(=O)c2ccccc2)CC1. The highest BCUT2D eigenvalue weighted by atomic mass is 35.5. The Morgan fingerprint density at radius 3 is 2.42 bits per heavy atom. The van der Waals surface area contributed by atoms with E-state index in [4.69, 9.17) is 5.73 Å². The predicted octanol–water partition coefficient (Wildman–Crippen LogP) is 2.45. The number of amides is 2. The fraction of sp³-hybridized carbons (Fsp3) is 0.600. The van der Waals surface area contributed by atoms with Gasteiger partial charge in [0.1, 0.15) is 0 Å². The topological polar surface area (TPSA) is 75.4 Å². The molecule has 1 saturated carbocycles. The van der Waals surface area contributed by atoms with Crippen molar-refractivity contribution in [3.05, 3.63) is 35.9 Å². The van der Waals surface area contributed by atoms with Crippen LogP contribution in [-0.4, -0.2) is 42.9 Å². The molecular weight excluding hydrogens is 350 g/mol. The number of likely N-dealkylation sites (tertiary alicyclic amines) is 1. The van der Waals surface area contributed by atoms with E-state index in [0.29, 0.717) is 18.4 Å². The second-order valence-electron chi connectivity index (χ2n) is 7.38. The van der Waals surface area contributed by atoms with Crippen LogP contribution in [0.2, 0.25) is 0 Å². The molecule has 0 spiro atoms. The number of nitrogens with one attached hydrogen (secondary N) is 1. The fourth-order valence-corrected chi connectivity index (χ4v) is 4.14. The molecule has 2 amide bonds. The maximum Gasteiger partial charge on any atom is 0.253 e. The highest BCUT2D eigenvalue weighted by Gasteiger charge is 2.32. The maximum atomic E-state index is 12.5. The Kier molecular flexibility index (Phi) is 7.91. The van der Waals surface area contributed by atoms with E-state index in [1.54, 1.807) is 0 Å². The third-order valence-electron chi connectivity index (χ3n) is 5.79. The van der Waals surface area contributed by atoms with E-state index in [9.17, 15) is 9.59 Å². The summed E-state index contributed by atoms with van der Waals surface area (Å²) in [5.74, 6) is 1.20. The van der Waals surface area contributed by atoms with E-state index < -0.39 is 0 Å². The summed E-state index contributed by atoms with van der Waals surface area (Å²) in [4.78, 5) is 26.8. The minimum absolute atomic E-state index is 0. The van der Waals surface area contributed by atoms with Crippen LogP contribution in [0.4, 0.5) is 0 Å². The summed E-state index contributed by atoms with van der Waals surface area (Å²) in [6.07, 6.45) is 5.06. The molecule has 2 fully saturated rings. The Labute approximate surface area is 162 Å². The summed E-state index contributed by atoms with van der Waals surface area (Å²) in [5.41, 5.74) is 6.53. The first-order chi connectivity index (χ1) is 12.2. The Hall–Kier alpha value is -1.59. The largest absolute Gasteiger partial charge is 0.356 e. The van der Waals surface area contributed by atoms with Gasteiger partial charge in [0, 0.05) is 31.1 Å². The molecule has 1 saturated heterocycles. The summed E-state index contributed by atoms with van der Waals surface area (Å²) in [6, 6.07) is 9.44. The number of nitrogens with two attached hydrogens (primary N) is 1. The van der Waals surface area contributed by atoms with Gasteiger partial charge in [-0.25, -0.2) is 0 Å².